The summed E-state index contributed by atoms with van der Waals surface area (Å²) in [5.41, 5.74) is 0.0408. The fourth-order valence-electron chi connectivity index (χ4n) is 1.26. The lowest BCUT2D eigenvalue weighted by molar-refractivity contribution is -0.139. The van der Waals surface area contributed by atoms with E-state index in [4.69, 9.17) is 5.11 Å². The van der Waals surface area contributed by atoms with Crippen LogP contribution >= 0.6 is 15.9 Å². The number of carbonyl (C=O) groups excluding carboxylic acids is 1. The number of amides is 1. The van der Waals surface area contributed by atoms with Crippen molar-refractivity contribution in [3.63, 3.8) is 0 Å². The maximum atomic E-state index is 11.7. The Morgan fingerprint density at radius 3 is 2.65 bits per heavy atom. The summed E-state index contributed by atoms with van der Waals surface area (Å²) in [6.07, 6.45) is 0.274. The van der Waals surface area contributed by atoms with Gasteiger partial charge < -0.3 is 15.5 Å². The average molecular weight is 302 g/mol. The molecule has 0 radical (unpaired) electrons. The highest BCUT2D eigenvalue weighted by atomic mass is 79.9. The highest BCUT2D eigenvalue weighted by Crippen LogP contribution is 2.21. The topological polar surface area (TPSA) is 86.6 Å². The summed E-state index contributed by atoms with van der Waals surface area (Å²) < 4.78 is 0.629. The molecule has 0 heterocycles. The molecule has 0 fully saturated rings. The highest BCUT2D eigenvalue weighted by molar-refractivity contribution is 9.10. The molecule has 1 aromatic carbocycles. The third kappa shape index (κ3) is 3.45. The molecule has 0 bridgehead atoms. The fraction of sp³-hybridized carbons (Fsp3) is 0.273. The van der Waals surface area contributed by atoms with E-state index >= 15 is 0 Å². The lowest BCUT2D eigenvalue weighted by Gasteiger charge is -2.13. The van der Waals surface area contributed by atoms with E-state index in [0.717, 1.165) is 0 Å². The van der Waals surface area contributed by atoms with Gasteiger partial charge in [0.15, 0.2) is 0 Å². The zero-order chi connectivity index (χ0) is 13.0. The monoisotopic (exact) mass is 301 g/mol. The standard InChI is InChI=1S/C11H12BrNO4/c1-2-8(11(16)17)13-10(15)7-5-6(12)3-4-9(7)14/h3-5,8,14H,2H2,1H3,(H,13,15)(H,16,17)/t8-/m0/s1. The number of phenols is 1. The molecular formula is C11H12BrNO4. The molecular weight excluding hydrogens is 290 g/mol. The number of carboxylic acid groups (broad SMARTS) is 1. The second kappa shape index (κ2) is 5.67. The maximum Gasteiger partial charge on any atom is 0.326 e. The molecule has 0 aliphatic carbocycles. The molecule has 1 aromatic rings. The van der Waals surface area contributed by atoms with Crippen molar-refractivity contribution in [1.82, 2.24) is 5.32 Å². The van der Waals surface area contributed by atoms with Crippen LogP contribution in [0.4, 0.5) is 0 Å². The van der Waals surface area contributed by atoms with Crippen molar-refractivity contribution in [2.24, 2.45) is 0 Å². The summed E-state index contributed by atoms with van der Waals surface area (Å²) >= 11 is 3.17. The molecule has 1 rings (SSSR count). The lowest BCUT2D eigenvalue weighted by Crippen LogP contribution is -2.40. The minimum atomic E-state index is -1.10. The predicted octanol–water partition coefficient (Wildman–Crippen LogP) is 1.75. The van der Waals surface area contributed by atoms with Crippen molar-refractivity contribution in [2.45, 2.75) is 19.4 Å². The number of aromatic hydroxyl groups is 1. The third-order valence-corrected chi connectivity index (χ3v) is 2.71. The number of carboxylic acids is 1. The Morgan fingerprint density at radius 2 is 2.12 bits per heavy atom. The normalized spacial score (nSPS) is 11.9. The van der Waals surface area contributed by atoms with Gasteiger partial charge in [0.05, 0.1) is 5.56 Å². The Hall–Kier alpha value is -1.56. The molecule has 1 atom stereocenters. The molecule has 1 amide bonds. The van der Waals surface area contributed by atoms with E-state index < -0.39 is 17.9 Å². The number of nitrogens with one attached hydrogen (secondary N) is 1. The molecule has 0 aliphatic heterocycles. The number of phenolic OH excluding ortho intramolecular Hbond substituents is 1. The highest BCUT2D eigenvalue weighted by Gasteiger charge is 2.20. The van der Waals surface area contributed by atoms with Gasteiger partial charge >= 0.3 is 5.97 Å². The Morgan fingerprint density at radius 1 is 1.47 bits per heavy atom. The molecule has 17 heavy (non-hydrogen) atoms. The van der Waals surface area contributed by atoms with Gasteiger partial charge in [-0.2, -0.15) is 0 Å². The van der Waals surface area contributed by atoms with Gasteiger partial charge in [0, 0.05) is 4.47 Å². The maximum absolute atomic E-state index is 11.7. The third-order valence-electron chi connectivity index (χ3n) is 2.21. The lowest BCUT2D eigenvalue weighted by atomic mass is 10.1. The van der Waals surface area contributed by atoms with Crippen molar-refractivity contribution < 1.29 is 19.8 Å². The van der Waals surface area contributed by atoms with E-state index in [2.05, 4.69) is 21.2 Å². The molecule has 0 saturated heterocycles. The van der Waals surface area contributed by atoms with Gasteiger partial charge in [-0.3, -0.25) is 4.79 Å². The first-order valence-corrected chi connectivity index (χ1v) is 5.77. The molecule has 0 unspecified atom stereocenters. The van der Waals surface area contributed by atoms with Gasteiger partial charge in [-0.05, 0) is 24.6 Å². The summed E-state index contributed by atoms with van der Waals surface area (Å²) in [6.45, 7) is 1.65. The van der Waals surface area contributed by atoms with Crippen LogP contribution in [0.3, 0.4) is 0 Å². The molecule has 5 nitrogen and oxygen atoms in total. The van der Waals surface area contributed by atoms with Gasteiger partial charge in [-0.15, -0.1) is 0 Å². The number of hydrogen-bond donors (Lipinski definition) is 3. The van der Waals surface area contributed by atoms with Crippen molar-refractivity contribution in [3.8, 4) is 5.75 Å². The molecule has 3 N–H and O–H groups in total. The number of carbonyl (C=O) groups is 2. The van der Waals surface area contributed by atoms with E-state index in [0.29, 0.717) is 4.47 Å². The molecule has 0 aliphatic rings. The van der Waals surface area contributed by atoms with Crippen molar-refractivity contribution in [3.05, 3.63) is 28.2 Å². The van der Waals surface area contributed by atoms with Crippen LogP contribution < -0.4 is 5.32 Å². The Kier molecular flexibility index (Phi) is 4.51. The van der Waals surface area contributed by atoms with E-state index in [9.17, 15) is 14.7 Å². The Labute approximate surface area is 107 Å². The summed E-state index contributed by atoms with van der Waals surface area (Å²) in [5, 5.41) is 20.6. The minimum absolute atomic E-state index is 0.0408. The van der Waals surface area contributed by atoms with Gasteiger partial charge in [0.1, 0.15) is 11.8 Å². The summed E-state index contributed by atoms with van der Waals surface area (Å²) in [7, 11) is 0. The summed E-state index contributed by atoms with van der Waals surface area (Å²) in [4.78, 5) is 22.5. The predicted molar refractivity (Wildman–Crippen MR) is 65.0 cm³/mol. The Balaban J connectivity index is 2.89. The van der Waals surface area contributed by atoms with Crippen LogP contribution in [-0.2, 0) is 4.79 Å². The van der Waals surface area contributed by atoms with Crippen LogP contribution in [0.1, 0.15) is 23.7 Å². The van der Waals surface area contributed by atoms with E-state index in [-0.39, 0.29) is 17.7 Å². The minimum Gasteiger partial charge on any atom is -0.507 e. The first-order valence-electron chi connectivity index (χ1n) is 4.98. The molecule has 0 spiro atoms. The second-order valence-electron chi connectivity index (χ2n) is 3.43. The smallest absolute Gasteiger partial charge is 0.326 e. The number of rotatable bonds is 4. The first kappa shape index (κ1) is 13.5. The largest absolute Gasteiger partial charge is 0.507 e. The van der Waals surface area contributed by atoms with E-state index in [1.54, 1.807) is 13.0 Å². The molecule has 0 aromatic heterocycles. The first-order chi connectivity index (χ1) is 7.95. The van der Waals surface area contributed by atoms with Crippen LogP contribution in [0.5, 0.6) is 5.75 Å². The summed E-state index contributed by atoms with van der Waals surface area (Å²) in [6, 6.07) is 3.42. The van der Waals surface area contributed by atoms with Crippen LogP contribution in [0, 0.1) is 0 Å². The fourth-order valence-corrected chi connectivity index (χ4v) is 1.63. The number of halogens is 1. The van der Waals surface area contributed by atoms with Crippen LogP contribution in [0.25, 0.3) is 0 Å². The SMILES string of the molecule is CC[C@H](NC(=O)c1cc(Br)ccc1O)C(=O)O. The van der Waals surface area contributed by atoms with Crippen molar-refractivity contribution in [2.75, 3.05) is 0 Å². The zero-order valence-electron chi connectivity index (χ0n) is 9.11. The Bertz CT molecular complexity index is 447. The number of hydrogen-bond acceptors (Lipinski definition) is 3. The zero-order valence-corrected chi connectivity index (χ0v) is 10.7. The molecule has 0 saturated carbocycles. The molecule has 6 heteroatoms. The van der Waals surface area contributed by atoms with Gasteiger partial charge in [0.2, 0.25) is 0 Å². The second-order valence-corrected chi connectivity index (χ2v) is 4.35. The van der Waals surface area contributed by atoms with Gasteiger partial charge in [0.25, 0.3) is 5.91 Å². The van der Waals surface area contributed by atoms with Crippen LogP contribution in [-0.4, -0.2) is 28.1 Å². The summed E-state index contributed by atoms with van der Waals surface area (Å²) in [5.74, 6) is -1.90. The van der Waals surface area contributed by atoms with Crippen molar-refractivity contribution in [1.29, 1.82) is 0 Å². The van der Waals surface area contributed by atoms with Crippen LogP contribution in [0.2, 0.25) is 0 Å². The average Bonchev–Trinajstić information content (AvgIpc) is 2.28. The molecule has 92 valence electrons. The quantitative estimate of drug-likeness (QED) is 0.791. The van der Waals surface area contributed by atoms with Crippen LogP contribution in [0.15, 0.2) is 22.7 Å². The van der Waals surface area contributed by atoms with E-state index in [1.807, 2.05) is 0 Å². The van der Waals surface area contributed by atoms with Gasteiger partial charge in [-0.1, -0.05) is 22.9 Å². The van der Waals surface area contributed by atoms with Crippen molar-refractivity contribution >= 4 is 27.8 Å². The van der Waals surface area contributed by atoms with Gasteiger partial charge in [-0.25, -0.2) is 4.79 Å². The number of aliphatic carboxylic acids is 1. The van der Waals surface area contributed by atoms with E-state index in [1.165, 1.54) is 12.1 Å². The number of benzene rings is 1.